The van der Waals surface area contributed by atoms with Crippen LogP contribution in [0.5, 0.6) is 11.5 Å². The van der Waals surface area contributed by atoms with Crippen LogP contribution in [0.15, 0.2) is 88.3 Å². The highest BCUT2D eigenvalue weighted by Crippen LogP contribution is 2.33. The van der Waals surface area contributed by atoms with Gasteiger partial charge in [-0.25, -0.2) is 4.68 Å². The zero-order chi connectivity index (χ0) is 23.5. The number of rotatable bonds is 5. The third kappa shape index (κ3) is 4.49. The Morgan fingerprint density at radius 2 is 1.91 bits per heavy atom. The van der Waals surface area contributed by atoms with Crippen molar-refractivity contribution in [1.82, 2.24) is 4.68 Å². The number of fused-ring (bicyclic) bond motifs is 1. The number of anilines is 1. The Balaban J connectivity index is 1.62. The molecule has 7 nitrogen and oxygen atoms in total. The van der Waals surface area contributed by atoms with Crippen LogP contribution in [-0.2, 0) is 11.3 Å². The molecule has 1 aliphatic rings. The summed E-state index contributed by atoms with van der Waals surface area (Å²) in [6.07, 6.45) is 0. The Hall–Kier alpha value is -4.17. The van der Waals surface area contributed by atoms with Crippen LogP contribution >= 0.6 is 11.3 Å². The van der Waals surface area contributed by atoms with Crippen LogP contribution in [0.4, 0.5) is 5.69 Å². The first-order valence-electron chi connectivity index (χ1n) is 10.7. The number of ether oxygens (including phenoxy) is 1. The number of phenolic OH excluding ortho intramolecular Hbond substituents is 1. The van der Waals surface area contributed by atoms with Gasteiger partial charge in [0.1, 0.15) is 11.5 Å². The number of thiazole rings is 1. The summed E-state index contributed by atoms with van der Waals surface area (Å²) >= 11 is 1.48. The Bertz CT molecular complexity index is 1450. The van der Waals surface area contributed by atoms with E-state index in [0.29, 0.717) is 34.1 Å². The highest BCUT2D eigenvalue weighted by atomic mass is 32.1. The van der Waals surface area contributed by atoms with Crippen molar-refractivity contribution in [3.05, 3.63) is 94.1 Å². The number of benzene rings is 3. The van der Waals surface area contributed by atoms with Gasteiger partial charge < -0.3 is 15.2 Å². The molecule has 4 aromatic rings. The number of para-hydroxylation sites is 1. The van der Waals surface area contributed by atoms with Crippen molar-refractivity contribution < 1.29 is 14.6 Å². The van der Waals surface area contributed by atoms with E-state index in [1.807, 2.05) is 73.0 Å². The van der Waals surface area contributed by atoms with Crippen LogP contribution in [0.1, 0.15) is 18.1 Å². The fraction of sp³-hybridized carbons (Fsp3) is 0.115. The van der Waals surface area contributed by atoms with E-state index in [1.54, 1.807) is 16.8 Å². The highest BCUT2D eigenvalue weighted by molar-refractivity contribution is 7.07. The topological polar surface area (TPSA) is 88.2 Å². The van der Waals surface area contributed by atoms with Gasteiger partial charge in [0.2, 0.25) is 4.80 Å². The van der Waals surface area contributed by atoms with Crippen molar-refractivity contribution in [2.75, 3.05) is 11.9 Å². The maximum atomic E-state index is 11.8. The van der Waals surface area contributed by atoms with Gasteiger partial charge in [-0.1, -0.05) is 42.5 Å². The van der Waals surface area contributed by atoms with E-state index in [0.717, 1.165) is 16.8 Å². The molecule has 0 aliphatic carbocycles. The number of nitrogens with zero attached hydrogens (tertiary/aromatic N) is 3. The van der Waals surface area contributed by atoms with Crippen LogP contribution in [0.3, 0.4) is 0 Å². The van der Waals surface area contributed by atoms with Crippen LogP contribution in [-0.4, -0.2) is 28.0 Å². The van der Waals surface area contributed by atoms with Crippen molar-refractivity contribution in [2.24, 2.45) is 10.1 Å². The van der Waals surface area contributed by atoms with Gasteiger partial charge in [-0.05, 0) is 42.8 Å². The predicted molar refractivity (Wildman–Crippen MR) is 133 cm³/mol. The Morgan fingerprint density at radius 1 is 1.12 bits per heavy atom. The lowest BCUT2D eigenvalue weighted by Gasteiger charge is -2.18. The van der Waals surface area contributed by atoms with Gasteiger partial charge in [0.25, 0.3) is 5.91 Å². The number of carbonyl (C=O) groups excluding carboxylic acids is 1. The lowest BCUT2D eigenvalue weighted by atomic mass is 10.1. The zero-order valence-electron chi connectivity index (χ0n) is 18.4. The molecule has 3 aromatic carbocycles. The maximum Gasteiger partial charge on any atom is 0.262 e. The van der Waals surface area contributed by atoms with E-state index in [2.05, 4.69) is 5.32 Å². The number of aromatic hydroxyl groups is 1. The summed E-state index contributed by atoms with van der Waals surface area (Å²) < 4.78 is 7.28. The monoisotopic (exact) mass is 470 g/mol. The minimum atomic E-state index is -0.185. The molecule has 1 aromatic heterocycles. The van der Waals surface area contributed by atoms with Gasteiger partial charge in [-0.2, -0.15) is 5.10 Å². The number of phenols is 1. The number of hydrogen-bond donors (Lipinski definition) is 2. The molecule has 0 fully saturated rings. The van der Waals surface area contributed by atoms with E-state index < -0.39 is 0 Å². The molecule has 5 rings (SSSR count). The second-order valence-electron chi connectivity index (χ2n) is 7.77. The van der Waals surface area contributed by atoms with Gasteiger partial charge in [-0.15, -0.1) is 11.3 Å². The Kier molecular flexibility index (Phi) is 5.97. The van der Waals surface area contributed by atoms with Crippen LogP contribution < -0.4 is 14.9 Å². The normalized spacial score (nSPS) is 13.9. The van der Waals surface area contributed by atoms with Gasteiger partial charge in [0.15, 0.2) is 6.61 Å². The molecule has 1 aliphatic heterocycles. The average molecular weight is 471 g/mol. The molecule has 8 heteroatoms. The van der Waals surface area contributed by atoms with Crippen LogP contribution in [0.25, 0.3) is 11.3 Å². The lowest BCUT2D eigenvalue weighted by Crippen LogP contribution is -2.25. The summed E-state index contributed by atoms with van der Waals surface area (Å²) in [6, 6.07) is 22.8. The maximum absolute atomic E-state index is 11.8. The first kappa shape index (κ1) is 21.7. The molecule has 0 atom stereocenters. The third-order valence-electron chi connectivity index (χ3n) is 5.38. The summed E-state index contributed by atoms with van der Waals surface area (Å²) in [7, 11) is 0. The number of nitrogens with one attached hydrogen (secondary N) is 1. The van der Waals surface area contributed by atoms with Gasteiger partial charge in [0.05, 0.1) is 23.6 Å². The first-order valence-corrected chi connectivity index (χ1v) is 11.6. The lowest BCUT2D eigenvalue weighted by molar-refractivity contribution is -0.118. The molecule has 0 radical (unpaired) electrons. The van der Waals surface area contributed by atoms with Gasteiger partial charge >= 0.3 is 0 Å². The molecule has 0 saturated heterocycles. The van der Waals surface area contributed by atoms with Crippen LogP contribution in [0.2, 0.25) is 0 Å². The van der Waals surface area contributed by atoms with Crippen LogP contribution in [0, 0.1) is 0 Å². The molecule has 2 N–H and O–H groups in total. The molecule has 0 unspecified atom stereocenters. The molecule has 0 bridgehead atoms. The van der Waals surface area contributed by atoms with Gasteiger partial charge in [0, 0.05) is 16.5 Å². The first-order chi connectivity index (χ1) is 16.6. The molecule has 0 spiro atoms. The third-order valence-corrected chi connectivity index (χ3v) is 6.23. The number of aromatic nitrogens is 1. The fourth-order valence-electron chi connectivity index (χ4n) is 3.67. The van der Waals surface area contributed by atoms with Gasteiger partial charge in [-0.3, -0.25) is 9.79 Å². The minimum Gasteiger partial charge on any atom is -0.507 e. The van der Waals surface area contributed by atoms with E-state index >= 15 is 0 Å². The van der Waals surface area contributed by atoms with E-state index in [-0.39, 0.29) is 18.3 Å². The van der Waals surface area contributed by atoms with Crippen molar-refractivity contribution in [2.45, 2.75) is 13.5 Å². The van der Waals surface area contributed by atoms with Crippen molar-refractivity contribution in [3.63, 3.8) is 0 Å². The molecule has 170 valence electrons. The average Bonchev–Trinajstić information content (AvgIpc) is 3.25. The molecular weight excluding hydrogens is 448 g/mol. The molecular formula is C26H22N4O3S. The highest BCUT2D eigenvalue weighted by Gasteiger charge is 2.18. The van der Waals surface area contributed by atoms with Crippen molar-refractivity contribution in [3.8, 4) is 22.8 Å². The Labute approximate surface area is 200 Å². The van der Waals surface area contributed by atoms with E-state index in [1.165, 1.54) is 11.3 Å². The molecule has 2 heterocycles. The number of hydrogen-bond acceptors (Lipinski definition) is 6. The second-order valence-corrected chi connectivity index (χ2v) is 8.60. The second kappa shape index (κ2) is 9.36. The number of carbonyl (C=O) groups is 1. The quantitative estimate of drug-likeness (QED) is 0.417. The number of amides is 1. The summed E-state index contributed by atoms with van der Waals surface area (Å²) in [5.74, 6) is 0.611. The van der Waals surface area contributed by atoms with E-state index in [4.69, 9.17) is 14.8 Å². The summed E-state index contributed by atoms with van der Waals surface area (Å²) in [5, 5.41) is 20.0. The molecule has 1 amide bonds. The van der Waals surface area contributed by atoms with Crippen molar-refractivity contribution in [1.29, 1.82) is 0 Å². The molecule has 0 saturated carbocycles. The predicted octanol–water partition coefficient (Wildman–Crippen LogP) is 4.63. The summed E-state index contributed by atoms with van der Waals surface area (Å²) in [4.78, 5) is 17.3. The SMILES string of the molecule is CC(=Nn1c(-c2ccc3c(c2)NC(=O)CO3)csc1=NCc1ccccc1)c1ccccc1O. The van der Waals surface area contributed by atoms with E-state index in [9.17, 15) is 9.90 Å². The fourth-order valence-corrected chi connectivity index (χ4v) is 4.50. The standard InChI is InChI=1S/C26H22N4O3S/c1-17(20-9-5-6-10-23(20)31)29-30-22(16-34-26(30)27-14-18-7-3-2-4-8-18)19-11-12-24-21(13-19)28-25(32)15-33-24/h2-13,16,31H,14-15H2,1H3,(H,28,32). The van der Waals surface area contributed by atoms with Crippen molar-refractivity contribution >= 4 is 28.6 Å². The largest absolute Gasteiger partial charge is 0.507 e. The smallest absolute Gasteiger partial charge is 0.262 e. The Morgan fingerprint density at radius 3 is 2.74 bits per heavy atom. The summed E-state index contributed by atoms with van der Waals surface area (Å²) in [5.41, 5.74) is 4.68. The summed E-state index contributed by atoms with van der Waals surface area (Å²) in [6.45, 7) is 2.38. The zero-order valence-corrected chi connectivity index (χ0v) is 19.2. The molecule has 34 heavy (non-hydrogen) atoms. The minimum absolute atomic E-state index is 0.0113.